The molecule has 1 N–H and O–H groups in total. The number of aromatic nitrogens is 1. The van der Waals surface area contributed by atoms with Gasteiger partial charge in [-0.15, -0.1) is 11.3 Å². The van der Waals surface area contributed by atoms with Crippen LogP contribution in [-0.4, -0.2) is 63.4 Å². The van der Waals surface area contributed by atoms with E-state index in [0.717, 1.165) is 67.0 Å². The number of rotatable bonds is 6. The third-order valence-corrected chi connectivity index (χ3v) is 9.51. The minimum atomic E-state index is -0.880. The summed E-state index contributed by atoms with van der Waals surface area (Å²) in [4.78, 5) is 32.1. The summed E-state index contributed by atoms with van der Waals surface area (Å²) in [5, 5.41) is 5.42. The maximum Gasteiger partial charge on any atom is 0.271 e. The molecule has 6 nitrogen and oxygen atoms in total. The van der Waals surface area contributed by atoms with Gasteiger partial charge in [0.1, 0.15) is 11.2 Å². The Labute approximate surface area is 207 Å². The number of thiophene rings is 1. The summed E-state index contributed by atoms with van der Waals surface area (Å²) in [6.45, 7) is 9.86. The van der Waals surface area contributed by atoms with Gasteiger partial charge in [0.15, 0.2) is 0 Å². The molecule has 2 aromatic heterocycles. The lowest BCUT2D eigenvalue weighted by Gasteiger charge is -2.45. The van der Waals surface area contributed by atoms with Crippen molar-refractivity contribution in [3.8, 4) is 0 Å². The van der Waals surface area contributed by atoms with Crippen molar-refractivity contribution < 1.29 is 9.59 Å². The second-order valence-corrected chi connectivity index (χ2v) is 12.1. The van der Waals surface area contributed by atoms with E-state index in [4.69, 9.17) is 0 Å². The molecule has 0 aromatic carbocycles. The summed E-state index contributed by atoms with van der Waals surface area (Å²) < 4.78 is 3.20. The van der Waals surface area contributed by atoms with Gasteiger partial charge in [0.05, 0.1) is 16.8 Å². The van der Waals surface area contributed by atoms with Gasteiger partial charge < -0.3 is 19.7 Å². The maximum absolute atomic E-state index is 13.8. The summed E-state index contributed by atoms with van der Waals surface area (Å²) in [7, 11) is 0. The summed E-state index contributed by atoms with van der Waals surface area (Å²) in [6, 6.07) is 4.92. The van der Waals surface area contributed by atoms with Gasteiger partial charge in [-0.3, -0.25) is 9.59 Å². The molecule has 7 heteroatoms. The van der Waals surface area contributed by atoms with Crippen molar-refractivity contribution in [1.82, 2.24) is 19.7 Å². The summed E-state index contributed by atoms with van der Waals surface area (Å²) in [5.41, 5.74) is 0.916. The average Bonchev–Trinajstić information content (AvgIpc) is 3.41. The standard InChI is InChI=1S/C27H40N4O2S/c1-19-8-10-21(11-9-19)28-26(33)27(3)18-30-22-12-16-34-24(22)17-23(30)25(32)31(27)15-6-14-29-13-5-4-7-20(29)2/h12,16-17,19-21H,4-11,13-15,18H2,1-3H3,(H,28,33)/t19?,20-,21?,27-/m0/s1. The molecule has 2 aromatic rings. The van der Waals surface area contributed by atoms with Crippen LogP contribution in [0.3, 0.4) is 0 Å². The van der Waals surface area contributed by atoms with Gasteiger partial charge in [-0.1, -0.05) is 13.3 Å². The fraction of sp³-hybridized carbons (Fsp3) is 0.704. The maximum atomic E-state index is 13.8. The second-order valence-electron chi connectivity index (χ2n) is 11.2. The molecule has 1 saturated heterocycles. The van der Waals surface area contributed by atoms with E-state index in [1.54, 1.807) is 11.3 Å². The van der Waals surface area contributed by atoms with Crippen LogP contribution in [0.4, 0.5) is 0 Å². The molecule has 2 fully saturated rings. The molecule has 0 unspecified atom stereocenters. The Morgan fingerprint density at radius 2 is 1.94 bits per heavy atom. The van der Waals surface area contributed by atoms with Crippen molar-refractivity contribution in [2.75, 3.05) is 19.6 Å². The quantitative estimate of drug-likeness (QED) is 0.636. The molecular weight excluding hydrogens is 444 g/mol. The van der Waals surface area contributed by atoms with Crippen LogP contribution >= 0.6 is 11.3 Å². The zero-order valence-electron chi connectivity index (χ0n) is 21.0. The largest absolute Gasteiger partial charge is 0.351 e. The smallest absolute Gasteiger partial charge is 0.271 e. The van der Waals surface area contributed by atoms with Gasteiger partial charge in [0.2, 0.25) is 5.91 Å². The van der Waals surface area contributed by atoms with E-state index < -0.39 is 5.54 Å². The van der Waals surface area contributed by atoms with E-state index in [1.165, 1.54) is 19.3 Å². The molecule has 1 aliphatic carbocycles. The number of nitrogens with one attached hydrogen (secondary N) is 1. The van der Waals surface area contributed by atoms with Crippen molar-refractivity contribution in [2.45, 2.75) is 96.3 Å². The number of carbonyl (C=O) groups excluding carboxylic acids is 2. The molecule has 0 radical (unpaired) electrons. The highest BCUT2D eigenvalue weighted by molar-refractivity contribution is 7.17. The molecule has 3 aliphatic rings. The number of amides is 2. The lowest BCUT2D eigenvalue weighted by Crippen LogP contribution is -2.65. The molecule has 5 rings (SSSR count). The molecule has 2 amide bonds. The van der Waals surface area contributed by atoms with Crippen LogP contribution in [0, 0.1) is 5.92 Å². The van der Waals surface area contributed by atoms with Gasteiger partial charge in [-0.05, 0) is 88.8 Å². The van der Waals surface area contributed by atoms with Gasteiger partial charge >= 0.3 is 0 Å². The van der Waals surface area contributed by atoms with E-state index in [0.29, 0.717) is 19.1 Å². The van der Waals surface area contributed by atoms with Crippen LogP contribution in [-0.2, 0) is 11.3 Å². The summed E-state index contributed by atoms with van der Waals surface area (Å²) in [6.07, 6.45) is 9.12. The van der Waals surface area contributed by atoms with Gasteiger partial charge in [0, 0.05) is 25.2 Å². The Balaban J connectivity index is 1.37. The molecule has 1 saturated carbocycles. The lowest BCUT2D eigenvalue weighted by atomic mass is 9.86. The normalized spacial score (nSPS) is 30.5. The molecule has 0 spiro atoms. The topological polar surface area (TPSA) is 57.6 Å². The van der Waals surface area contributed by atoms with Crippen LogP contribution in [0.2, 0.25) is 0 Å². The molecule has 2 atom stereocenters. The predicted octanol–water partition coefficient (Wildman–Crippen LogP) is 4.88. The van der Waals surface area contributed by atoms with Gasteiger partial charge in [0.25, 0.3) is 5.91 Å². The number of hydrogen-bond donors (Lipinski definition) is 1. The number of fused-ring (bicyclic) bond motifs is 3. The van der Waals surface area contributed by atoms with E-state index in [9.17, 15) is 9.59 Å². The van der Waals surface area contributed by atoms with Crippen molar-refractivity contribution in [1.29, 1.82) is 0 Å². The minimum Gasteiger partial charge on any atom is -0.351 e. The Morgan fingerprint density at radius 3 is 2.71 bits per heavy atom. The zero-order chi connectivity index (χ0) is 23.9. The van der Waals surface area contributed by atoms with Crippen molar-refractivity contribution in [2.24, 2.45) is 5.92 Å². The van der Waals surface area contributed by atoms with Crippen LogP contribution in [0.1, 0.15) is 82.6 Å². The number of piperidine rings is 1. The monoisotopic (exact) mass is 484 g/mol. The first kappa shape index (κ1) is 23.9. The van der Waals surface area contributed by atoms with Crippen LogP contribution < -0.4 is 5.32 Å². The van der Waals surface area contributed by atoms with Crippen molar-refractivity contribution >= 4 is 33.4 Å². The highest BCUT2D eigenvalue weighted by atomic mass is 32.1. The Morgan fingerprint density at radius 1 is 1.15 bits per heavy atom. The van der Waals surface area contributed by atoms with Crippen LogP contribution in [0.15, 0.2) is 17.5 Å². The second kappa shape index (κ2) is 9.65. The lowest BCUT2D eigenvalue weighted by molar-refractivity contribution is -0.133. The van der Waals surface area contributed by atoms with E-state index >= 15 is 0 Å². The highest BCUT2D eigenvalue weighted by Gasteiger charge is 2.48. The first-order chi connectivity index (χ1) is 16.4. The number of hydrogen-bond acceptors (Lipinski definition) is 4. The fourth-order valence-corrected chi connectivity index (χ4v) is 7.11. The van der Waals surface area contributed by atoms with E-state index in [-0.39, 0.29) is 17.9 Å². The minimum absolute atomic E-state index is 0.00346. The fourth-order valence-electron chi connectivity index (χ4n) is 6.29. The first-order valence-corrected chi connectivity index (χ1v) is 14.2. The van der Waals surface area contributed by atoms with E-state index in [2.05, 4.69) is 40.1 Å². The van der Waals surface area contributed by atoms with Crippen LogP contribution in [0.5, 0.6) is 0 Å². The van der Waals surface area contributed by atoms with Crippen LogP contribution in [0.25, 0.3) is 10.2 Å². The van der Waals surface area contributed by atoms with Crippen molar-refractivity contribution in [3.63, 3.8) is 0 Å². The average molecular weight is 485 g/mol. The number of carbonyl (C=O) groups is 2. The Kier molecular flexibility index (Phi) is 6.77. The first-order valence-electron chi connectivity index (χ1n) is 13.3. The molecular formula is C27H40N4O2S. The third kappa shape index (κ3) is 4.41. The molecule has 0 bridgehead atoms. The Bertz CT molecular complexity index is 1040. The predicted molar refractivity (Wildman–Crippen MR) is 138 cm³/mol. The summed E-state index contributed by atoms with van der Waals surface area (Å²) in [5.74, 6) is 0.744. The SMILES string of the molecule is CC1CCC(NC(=O)[C@]2(C)Cn3c(cc4sccc43)C(=O)N2CCCN2CCCC[C@@H]2C)CC1. The van der Waals surface area contributed by atoms with E-state index in [1.807, 2.05) is 17.9 Å². The third-order valence-electron chi connectivity index (χ3n) is 8.66. The number of nitrogens with zero attached hydrogens (tertiary/aromatic N) is 3. The van der Waals surface area contributed by atoms with Gasteiger partial charge in [-0.25, -0.2) is 0 Å². The molecule has 34 heavy (non-hydrogen) atoms. The zero-order valence-corrected chi connectivity index (χ0v) is 21.8. The van der Waals surface area contributed by atoms with Crippen molar-refractivity contribution in [3.05, 3.63) is 23.2 Å². The molecule has 2 aliphatic heterocycles. The molecule has 186 valence electrons. The summed E-state index contributed by atoms with van der Waals surface area (Å²) >= 11 is 1.66. The molecule has 4 heterocycles. The Hall–Kier alpha value is -1.86. The highest BCUT2D eigenvalue weighted by Crippen LogP contribution is 2.35. The number of likely N-dealkylation sites (tertiary alicyclic amines) is 1. The van der Waals surface area contributed by atoms with Gasteiger partial charge in [-0.2, -0.15) is 0 Å².